The summed E-state index contributed by atoms with van der Waals surface area (Å²) in [5, 5.41) is 0. The maximum atomic E-state index is 6.01. The number of hydrogen-bond acceptors (Lipinski definition) is 1. The molecule has 0 amide bonds. The Morgan fingerprint density at radius 1 is 0.484 bits per heavy atom. The van der Waals surface area contributed by atoms with Crippen LogP contribution in [0.4, 0.5) is 0 Å². The summed E-state index contributed by atoms with van der Waals surface area (Å²) in [5.41, 5.74) is 10.4. The van der Waals surface area contributed by atoms with E-state index in [1.54, 1.807) is 0 Å². The number of rotatable bonds is 8. The van der Waals surface area contributed by atoms with E-state index in [1.165, 1.54) is 44.5 Å². The van der Waals surface area contributed by atoms with Gasteiger partial charge in [-0.2, -0.15) is 0 Å². The molecule has 0 atom stereocenters. The molecular formula is C30H30O. The average Bonchev–Trinajstić information content (AvgIpc) is 2.79. The number of aryl methyl sites for hydroxylation is 2. The fourth-order valence-electron chi connectivity index (χ4n) is 4.09. The lowest BCUT2D eigenvalue weighted by Crippen LogP contribution is -2.03. The summed E-state index contributed by atoms with van der Waals surface area (Å²) in [6.07, 6.45) is 1.87. The molecule has 0 heterocycles. The molecule has 0 aliphatic heterocycles. The van der Waals surface area contributed by atoms with Gasteiger partial charge in [-0.25, -0.2) is 0 Å². The largest absolute Gasteiger partial charge is 0.381 e. The van der Waals surface area contributed by atoms with Gasteiger partial charge in [-0.3, -0.25) is 0 Å². The standard InChI is InChI=1S/C30H30O/c1-23-17-25(21-29(19-23)27-9-5-3-6-10-27)13-15-31-16-14-26-18-24(2)20-30(22-26)28-11-7-4-8-12-28/h3-12,17-22H,13-16H2,1-2H3. The van der Waals surface area contributed by atoms with Crippen LogP contribution in [-0.2, 0) is 17.6 Å². The Morgan fingerprint density at radius 2 is 0.903 bits per heavy atom. The van der Waals surface area contributed by atoms with Crippen molar-refractivity contribution in [2.24, 2.45) is 0 Å². The van der Waals surface area contributed by atoms with Crippen LogP contribution in [0, 0.1) is 13.8 Å². The van der Waals surface area contributed by atoms with Crippen molar-refractivity contribution in [2.45, 2.75) is 26.7 Å². The Hall–Kier alpha value is -3.16. The molecule has 0 aliphatic carbocycles. The van der Waals surface area contributed by atoms with Crippen LogP contribution < -0.4 is 0 Å². The molecule has 0 saturated heterocycles. The molecule has 0 aromatic heterocycles. The van der Waals surface area contributed by atoms with Crippen molar-refractivity contribution in [3.05, 3.63) is 119 Å². The molecule has 0 spiro atoms. The van der Waals surface area contributed by atoms with Crippen molar-refractivity contribution >= 4 is 0 Å². The van der Waals surface area contributed by atoms with E-state index in [4.69, 9.17) is 4.74 Å². The fourth-order valence-corrected chi connectivity index (χ4v) is 4.09. The van der Waals surface area contributed by atoms with E-state index in [-0.39, 0.29) is 0 Å². The molecule has 31 heavy (non-hydrogen) atoms. The first-order valence-corrected chi connectivity index (χ1v) is 11.1. The molecule has 1 nitrogen and oxygen atoms in total. The van der Waals surface area contributed by atoms with Crippen LogP contribution in [0.2, 0.25) is 0 Å². The summed E-state index contributed by atoms with van der Waals surface area (Å²) in [7, 11) is 0. The number of ether oxygens (including phenoxy) is 1. The Labute approximate surface area is 186 Å². The van der Waals surface area contributed by atoms with Crippen molar-refractivity contribution in [3.63, 3.8) is 0 Å². The molecule has 0 aliphatic rings. The van der Waals surface area contributed by atoms with E-state index in [1.807, 2.05) is 0 Å². The van der Waals surface area contributed by atoms with Crippen molar-refractivity contribution in [3.8, 4) is 22.3 Å². The molecule has 0 unspecified atom stereocenters. The minimum absolute atomic E-state index is 0.745. The lowest BCUT2D eigenvalue weighted by atomic mass is 9.99. The van der Waals surface area contributed by atoms with Gasteiger partial charge in [0.15, 0.2) is 0 Å². The first-order chi connectivity index (χ1) is 15.2. The summed E-state index contributed by atoms with van der Waals surface area (Å²) in [4.78, 5) is 0. The Balaban J connectivity index is 1.32. The highest BCUT2D eigenvalue weighted by molar-refractivity contribution is 5.66. The van der Waals surface area contributed by atoms with Crippen molar-refractivity contribution in [1.82, 2.24) is 0 Å². The smallest absolute Gasteiger partial charge is 0.0506 e. The first kappa shape index (κ1) is 21.1. The minimum Gasteiger partial charge on any atom is -0.381 e. The molecule has 4 aromatic carbocycles. The molecule has 0 N–H and O–H groups in total. The zero-order chi connectivity index (χ0) is 21.5. The normalized spacial score (nSPS) is 10.9. The van der Waals surface area contributed by atoms with Crippen LogP contribution in [-0.4, -0.2) is 13.2 Å². The zero-order valence-corrected chi connectivity index (χ0v) is 18.5. The fraction of sp³-hybridized carbons (Fsp3) is 0.200. The van der Waals surface area contributed by atoms with E-state index in [0.717, 1.165) is 26.1 Å². The van der Waals surface area contributed by atoms with Gasteiger partial charge in [0.1, 0.15) is 0 Å². The second-order valence-corrected chi connectivity index (χ2v) is 8.26. The van der Waals surface area contributed by atoms with Gasteiger partial charge in [0.2, 0.25) is 0 Å². The summed E-state index contributed by atoms with van der Waals surface area (Å²) in [5.74, 6) is 0. The molecule has 1 heteroatoms. The summed E-state index contributed by atoms with van der Waals surface area (Å²) in [6.45, 7) is 5.82. The lowest BCUT2D eigenvalue weighted by molar-refractivity contribution is 0.140. The van der Waals surface area contributed by atoms with Crippen LogP contribution in [0.25, 0.3) is 22.3 Å². The van der Waals surface area contributed by atoms with Gasteiger partial charge in [0.05, 0.1) is 13.2 Å². The van der Waals surface area contributed by atoms with E-state index >= 15 is 0 Å². The van der Waals surface area contributed by atoms with Gasteiger partial charge in [-0.05, 0) is 60.1 Å². The predicted molar refractivity (Wildman–Crippen MR) is 131 cm³/mol. The Kier molecular flexibility index (Phi) is 6.96. The Bertz CT molecular complexity index is 1020. The van der Waals surface area contributed by atoms with E-state index in [9.17, 15) is 0 Å². The lowest BCUT2D eigenvalue weighted by Gasteiger charge is -2.10. The van der Waals surface area contributed by atoms with Gasteiger partial charge < -0.3 is 4.74 Å². The van der Waals surface area contributed by atoms with Gasteiger partial charge in [-0.15, -0.1) is 0 Å². The highest BCUT2D eigenvalue weighted by atomic mass is 16.5. The maximum Gasteiger partial charge on any atom is 0.0506 e. The average molecular weight is 407 g/mol. The third-order valence-corrected chi connectivity index (χ3v) is 5.56. The second-order valence-electron chi connectivity index (χ2n) is 8.26. The number of benzene rings is 4. The van der Waals surface area contributed by atoms with Gasteiger partial charge in [-0.1, -0.05) is 108 Å². The third kappa shape index (κ3) is 5.93. The summed E-state index contributed by atoms with van der Waals surface area (Å²) in [6, 6.07) is 34.8. The zero-order valence-electron chi connectivity index (χ0n) is 18.5. The maximum absolute atomic E-state index is 6.01. The van der Waals surface area contributed by atoms with Crippen molar-refractivity contribution < 1.29 is 4.74 Å². The van der Waals surface area contributed by atoms with Gasteiger partial charge in [0, 0.05) is 0 Å². The third-order valence-electron chi connectivity index (χ3n) is 5.56. The summed E-state index contributed by atoms with van der Waals surface area (Å²) >= 11 is 0. The van der Waals surface area contributed by atoms with Crippen LogP contribution >= 0.6 is 0 Å². The first-order valence-electron chi connectivity index (χ1n) is 11.1. The van der Waals surface area contributed by atoms with Crippen molar-refractivity contribution in [2.75, 3.05) is 13.2 Å². The highest BCUT2D eigenvalue weighted by Crippen LogP contribution is 2.23. The minimum atomic E-state index is 0.745. The SMILES string of the molecule is Cc1cc(CCOCCc2cc(C)cc(-c3ccccc3)c2)cc(-c2ccccc2)c1. The highest BCUT2D eigenvalue weighted by Gasteiger charge is 2.04. The molecule has 156 valence electrons. The Morgan fingerprint density at radius 3 is 1.32 bits per heavy atom. The van der Waals surface area contributed by atoms with Crippen LogP contribution in [0.5, 0.6) is 0 Å². The van der Waals surface area contributed by atoms with Crippen LogP contribution in [0.15, 0.2) is 97.1 Å². The molecule has 0 saturated carbocycles. The second kappa shape index (κ2) is 10.2. The molecule has 4 aromatic rings. The van der Waals surface area contributed by atoms with Crippen LogP contribution in [0.1, 0.15) is 22.3 Å². The molecule has 0 radical (unpaired) electrons. The topological polar surface area (TPSA) is 9.23 Å². The van der Waals surface area contributed by atoms with Crippen molar-refractivity contribution in [1.29, 1.82) is 0 Å². The molecular weight excluding hydrogens is 376 g/mol. The van der Waals surface area contributed by atoms with Gasteiger partial charge in [0.25, 0.3) is 0 Å². The van der Waals surface area contributed by atoms with E-state index < -0.39 is 0 Å². The quantitative estimate of drug-likeness (QED) is 0.276. The van der Waals surface area contributed by atoms with Crippen LogP contribution in [0.3, 0.4) is 0 Å². The van der Waals surface area contributed by atoms with Gasteiger partial charge >= 0.3 is 0 Å². The predicted octanol–water partition coefficient (Wildman–Crippen LogP) is 7.44. The van der Waals surface area contributed by atoms with E-state index in [2.05, 4.69) is 111 Å². The molecule has 0 bridgehead atoms. The van der Waals surface area contributed by atoms with E-state index in [0.29, 0.717) is 0 Å². The number of hydrogen-bond donors (Lipinski definition) is 0. The molecule has 0 fully saturated rings. The monoisotopic (exact) mass is 406 g/mol. The summed E-state index contributed by atoms with van der Waals surface area (Å²) < 4.78 is 6.01. The molecule has 4 rings (SSSR count).